The molecule has 1 N–H and O–H groups in total. The number of hydrogen-bond donors (Lipinski definition) is 1. The Balaban J connectivity index is 2.37. The summed E-state index contributed by atoms with van der Waals surface area (Å²) in [6.45, 7) is 9.72. The molecule has 18 heavy (non-hydrogen) atoms. The molecule has 0 saturated carbocycles. The summed E-state index contributed by atoms with van der Waals surface area (Å²) in [5.74, 6) is 0.154. The van der Waals surface area contributed by atoms with Crippen LogP contribution in [-0.2, 0) is 17.9 Å². The summed E-state index contributed by atoms with van der Waals surface area (Å²) < 4.78 is 2.12. The minimum Gasteiger partial charge on any atom is -0.342 e. The van der Waals surface area contributed by atoms with Gasteiger partial charge in [-0.05, 0) is 20.3 Å². The number of likely N-dealkylation sites (N-methyl/N-ethyl adjacent to an activating group) is 1. The van der Waals surface area contributed by atoms with E-state index in [2.05, 4.69) is 21.8 Å². The molecule has 0 aliphatic carbocycles. The highest BCUT2D eigenvalue weighted by atomic mass is 16.2. The highest BCUT2D eigenvalue weighted by molar-refractivity contribution is 5.78. The van der Waals surface area contributed by atoms with Gasteiger partial charge in [0.1, 0.15) is 0 Å². The van der Waals surface area contributed by atoms with Gasteiger partial charge in [0.2, 0.25) is 5.91 Å². The molecule has 0 aromatic carbocycles. The summed E-state index contributed by atoms with van der Waals surface area (Å²) in [5.41, 5.74) is 1.13. The first-order valence-electron chi connectivity index (χ1n) is 6.70. The van der Waals surface area contributed by atoms with E-state index in [1.807, 2.05) is 31.3 Å². The second-order valence-corrected chi connectivity index (χ2v) is 4.25. The number of carbonyl (C=O) groups excluding carboxylic acids is 1. The van der Waals surface area contributed by atoms with Crippen molar-refractivity contribution < 1.29 is 4.79 Å². The molecular formula is C13H24N4O. The van der Waals surface area contributed by atoms with Crippen molar-refractivity contribution in [2.75, 3.05) is 19.6 Å². The topological polar surface area (TPSA) is 50.2 Å². The molecule has 0 unspecified atom stereocenters. The van der Waals surface area contributed by atoms with E-state index >= 15 is 0 Å². The molecule has 0 aliphatic heterocycles. The Kier molecular flexibility index (Phi) is 6.43. The molecule has 5 nitrogen and oxygen atoms in total. The smallest absolute Gasteiger partial charge is 0.236 e. The van der Waals surface area contributed by atoms with E-state index < -0.39 is 0 Å². The number of carbonyl (C=O) groups is 1. The summed E-state index contributed by atoms with van der Waals surface area (Å²) in [6, 6.07) is 0. The minimum absolute atomic E-state index is 0.154. The van der Waals surface area contributed by atoms with Gasteiger partial charge in [0.05, 0.1) is 18.6 Å². The van der Waals surface area contributed by atoms with Crippen LogP contribution in [0.15, 0.2) is 12.5 Å². The van der Waals surface area contributed by atoms with E-state index in [4.69, 9.17) is 0 Å². The first kappa shape index (κ1) is 14.7. The lowest BCUT2D eigenvalue weighted by molar-refractivity contribution is -0.129. The Morgan fingerprint density at radius 2 is 2.11 bits per heavy atom. The lowest BCUT2D eigenvalue weighted by Gasteiger charge is -2.18. The fourth-order valence-electron chi connectivity index (χ4n) is 1.92. The van der Waals surface area contributed by atoms with Crippen molar-refractivity contribution in [2.45, 2.75) is 40.3 Å². The van der Waals surface area contributed by atoms with Crippen molar-refractivity contribution in [1.82, 2.24) is 19.8 Å². The van der Waals surface area contributed by atoms with Gasteiger partial charge in [0.25, 0.3) is 0 Å². The van der Waals surface area contributed by atoms with E-state index in [0.29, 0.717) is 13.1 Å². The number of hydrogen-bond acceptors (Lipinski definition) is 3. The van der Waals surface area contributed by atoms with E-state index in [1.165, 1.54) is 0 Å². The fourth-order valence-corrected chi connectivity index (χ4v) is 1.92. The first-order chi connectivity index (χ1) is 8.72. The number of rotatable bonds is 8. The van der Waals surface area contributed by atoms with Crippen molar-refractivity contribution >= 4 is 5.91 Å². The molecule has 0 aliphatic rings. The van der Waals surface area contributed by atoms with Crippen molar-refractivity contribution in [3.8, 4) is 0 Å². The van der Waals surface area contributed by atoms with Crippen LogP contribution in [-0.4, -0.2) is 40.0 Å². The summed E-state index contributed by atoms with van der Waals surface area (Å²) in [4.78, 5) is 17.7. The SMILES string of the molecule is CCCn1cncc1CNCC(=O)N(CC)CC. The van der Waals surface area contributed by atoms with Gasteiger partial charge in [-0.3, -0.25) is 4.79 Å². The largest absolute Gasteiger partial charge is 0.342 e. The summed E-state index contributed by atoms with van der Waals surface area (Å²) >= 11 is 0. The van der Waals surface area contributed by atoms with Crippen LogP contribution in [0.5, 0.6) is 0 Å². The molecule has 0 fully saturated rings. The highest BCUT2D eigenvalue weighted by Gasteiger charge is 2.09. The molecule has 0 bridgehead atoms. The molecule has 102 valence electrons. The fraction of sp³-hybridized carbons (Fsp3) is 0.692. The van der Waals surface area contributed by atoms with Crippen LogP contribution in [0.1, 0.15) is 32.9 Å². The second kappa shape index (κ2) is 7.87. The third-order valence-corrected chi connectivity index (χ3v) is 2.96. The molecule has 0 atom stereocenters. The average Bonchev–Trinajstić information content (AvgIpc) is 2.79. The van der Waals surface area contributed by atoms with Crippen molar-refractivity contribution in [3.05, 3.63) is 18.2 Å². The molecular weight excluding hydrogens is 228 g/mol. The molecule has 0 saturated heterocycles. The third-order valence-electron chi connectivity index (χ3n) is 2.96. The van der Waals surface area contributed by atoms with Crippen LogP contribution in [0.25, 0.3) is 0 Å². The predicted molar refractivity (Wildman–Crippen MR) is 72.2 cm³/mol. The summed E-state index contributed by atoms with van der Waals surface area (Å²) in [7, 11) is 0. The van der Waals surface area contributed by atoms with Crippen molar-refractivity contribution in [1.29, 1.82) is 0 Å². The molecule has 0 radical (unpaired) electrons. The van der Waals surface area contributed by atoms with Gasteiger partial charge in [0, 0.05) is 32.4 Å². The molecule has 5 heteroatoms. The monoisotopic (exact) mass is 252 g/mol. The number of aromatic nitrogens is 2. The van der Waals surface area contributed by atoms with Crippen LogP contribution in [0.4, 0.5) is 0 Å². The Hall–Kier alpha value is -1.36. The Bertz CT molecular complexity index is 358. The molecule has 1 aromatic rings. The first-order valence-corrected chi connectivity index (χ1v) is 6.70. The molecule has 0 spiro atoms. The quantitative estimate of drug-likeness (QED) is 0.757. The van der Waals surface area contributed by atoms with Crippen LogP contribution in [0, 0.1) is 0 Å². The number of nitrogens with zero attached hydrogens (tertiary/aromatic N) is 3. The zero-order chi connectivity index (χ0) is 13.4. The Morgan fingerprint density at radius 1 is 1.39 bits per heavy atom. The van der Waals surface area contributed by atoms with Crippen molar-refractivity contribution in [2.24, 2.45) is 0 Å². The standard InChI is InChI=1S/C13H24N4O/c1-4-7-17-11-15-9-12(17)8-14-10-13(18)16(5-2)6-3/h9,11,14H,4-8,10H2,1-3H3. The lowest BCUT2D eigenvalue weighted by atomic mass is 10.4. The maximum absolute atomic E-state index is 11.8. The lowest BCUT2D eigenvalue weighted by Crippen LogP contribution is -2.37. The highest BCUT2D eigenvalue weighted by Crippen LogP contribution is 2.00. The van der Waals surface area contributed by atoms with Gasteiger partial charge in [-0.15, -0.1) is 0 Å². The summed E-state index contributed by atoms with van der Waals surface area (Å²) in [5, 5.41) is 3.18. The number of imidazole rings is 1. The van der Waals surface area contributed by atoms with Gasteiger partial charge in [-0.2, -0.15) is 0 Å². The number of nitrogens with one attached hydrogen (secondary N) is 1. The second-order valence-electron chi connectivity index (χ2n) is 4.25. The van der Waals surface area contributed by atoms with Gasteiger partial charge in [-0.1, -0.05) is 6.92 Å². The van der Waals surface area contributed by atoms with Crippen LogP contribution < -0.4 is 5.32 Å². The van der Waals surface area contributed by atoms with E-state index in [9.17, 15) is 4.79 Å². The molecule has 1 rings (SSSR count). The maximum atomic E-state index is 11.8. The summed E-state index contributed by atoms with van der Waals surface area (Å²) in [6.07, 6.45) is 4.78. The molecule has 1 heterocycles. The van der Waals surface area contributed by atoms with Crippen LogP contribution in [0.2, 0.25) is 0 Å². The predicted octanol–water partition coefficient (Wildman–Crippen LogP) is 1.25. The zero-order valence-corrected chi connectivity index (χ0v) is 11.6. The van der Waals surface area contributed by atoms with E-state index in [0.717, 1.165) is 31.7 Å². The van der Waals surface area contributed by atoms with E-state index in [-0.39, 0.29) is 5.91 Å². The Morgan fingerprint density at radius 3 is 2.72 bits per heavy atom. The van der Waals surface area contributed by atoms with E-state index in [1.54, 1.807) is 0 Å². The van der Waals surface area contributed by atoms with Crippen LogP contribution >= 0.6 is 0 Å². The Labute approximate surface area is 109 Å². The van der Waals surface area contributed by atoms with Gasteiger partial charge >= 0.3 is 0 Å². The number of aryl methyl sites for hydroxylation is 1. The third kappa shape index (κ3) is 4.14. The maximum Gasteiger partial charge on any atom is 0.236 e. The molecule has 1 aromatic heterocycles. The van der Waals surface area contributed by atoms with Gasteiger partial charge < -0.3 is 14.8 Å². The normalized spacial score (nSPS) is 10.6. The average molecular weight is 252 g/mol. The van der Waals surface area contributed by atoms with Gasteiger partial charge in [0.15, 0.2) is 0 Å². The molecule has 1 amide bonds. The van der Waals surface area contributed by atoms with Crippen LogP contribution in [0.3, 0.4) is 0 Å². The zero-order valence-electron chi connectivity index (χ0n) is 11.6. The minimum atomic E-state index is 0.154. The number of amides is 1. The van der Waals surface area contributed by atoms with Crippen molar-refractivity contribution in [3.63, 3.8) is 0 Å². The van der Waals surface area contributed by atoms with Gasteiger partial charge in [-0.25, -0.2) is 4.98 Å².